The van der Waals surface area contributed by atoms with Gasteiger partial charge in [0.05, 0.1) is 17.4 Å². The van der Waals surface area contributed by atoms with Crippen molar-refractivity contribution < 1.29 is 27.6 Å². The van der Waals surface area contributed by atoms with Crippen LogP contribution in [0.4, 0.5) is 13.2 Å². The summed E-state index contributed by atoms with van der Waals surface area (Å²) in [4.78, 5) is 38.7. The van der Waals surface area contributed by atoms with Gasteiger partial charge in [-0.3, -0.25) is 14.4 Å². The number of halogens is 3. The first-order valence-electron chi connectivity index (χ1n) is 9.21. The number of allylic oxidation sites excluding steroid dienone is 2. The first-order valence-corrected chi connectivity index (χ1v) is 9.21. The summed E-state index contributed by atoms with van der Waals surface area (Å²) in [5.41, 5.74) is -0.886. The molecule has 28 heavy (non-hydrogen) atoms. The number of benzene rings is 1. The van der Waals surface area contributed by atoms with Gasteiger partial charge in [-0.25, -0.2) is 5.01 Å². The molecule has 1 aromatic rings. The number of nitrogens with zero attached hydrogens (tertiary/aromatic N) is 2. The second-order valence-electron chi connectivity index (χ2n) is 8.05. The molecule has 6 unspecified atom stereocenters. The fourth-order valence-corrected chi connectivity index (χ4v) is 5.32. The van der Waals surface area contributed by atoms with E-state index in [-0.39, 0.29) is 29.2 Å². The number of rotatable bonds is 2. The van der Waals surface area contributed by atoms with E-state index in [9.17, 15) is 27.6 Å². The second kappa shape index (κ2) is 5.46. The number of hydrogen-bond donors (Lipinski definition) is 0. The van der Waals surface area contributed by atoms with Crippen molar-refractivity contribution in [2.24, 2.45) is 35.5 Å². The third-order valence-corrected chi connectivity index (χ3v) is 6.69. The van der Waals surface area contributed by atoms with Crippen molar-refractivity contribution in [3.63, 3.8) is 0 Å². The number of alkyl halides is 3. The standard InChI is InChI=1S/C20H17F3N2O3/c1-24(17(26)9-2-4-10(5-3-9)20(21,22)23)25-18(27)15-11-6-7-12(14-8-13(11)14)16(15)19(25)28/h2-7,11-16H,8H2,1H3. The molecule has 2 bridgehead atoms. The summed E-state index contributed by atoms with van der Waals surface area (Å²) in [6.45, 7) is 0. The molecular formula is C20H17F3N2O3. The number of carbonyl (C=O) groups excluding carboxylic acids is 3. The average Bonchev–Trinajstić information content (AvgIpc) is 3.44. The Balaban J connectivity index is 1.40. The molecule has 1 aromatic carbocycles. The molecule has 0 aromatic heterocycles. The Labute approximate surface area is 158 Å². The van der Waals surface area contributed by atoms with E-state index in [0.717, 1.165) is 40.7 Å². The quantitative estimate of drug-likeness (QED) is 0.576. The Hall–Kier alpha value is -2.64. The van der Waals surface area contributed by atoms with Gasteiger partial charge in [0.1, 0.15) is 0 Å². The Morgan fingerprint density at radius 1 is 1.00 bits per heavy atom. The van der Waals surface area contributed by atoms with E-state index in [1.165, 1.54) is 7.05 Å². The minimum Gasteiger partial charge on any atom is -0.272 e. The SMILES string of the molecule is CN(C(=O)c1ccc(C(F)(F)F)cc1)N1C(=O)C2C3C=CC(C4CC34)C2C1=O. The fourth-order valence-electron chi connectivity index (χ4n) is 5.32. The van der Waals surface area contributed by atoms with Gasteiger partial charge < -0.3 is 0 Å². The van der Waals surface area contributed by atoms with Gasteiger partial charge in [-0.15, -0.1) is 0 Å². The van der Waals surface area contributed by atoms with Crippen molar-refractivity contribution in [3.05, 3.63) is 47.5 Å². The lowest BCUT2D eigenvalue weighted by Gasteiger charge is -2.37. The predicted octanol–water partition coefficient (Wildman–Crippen LogP) is 2.75. The maximum absolute atomic E-state index is 13.0. The van der Waals surface area contributed by atoms with Gasteiger partial charge in [0.15, 0.2) is 0 Å². The van der Waals surface area contributed by atoms with Crippen LogP contribution in [-0.4, -0.2) is 34.8 Å². The first kappa shape index (κ1) is 17.5. The normalized spacial score (nSPS) is 35.1. The zero-order valence-corrected chi connectivity index (χ0v) is 14.9. The Morgan fingerprint density at radius 3 is 1.96 bits per heavy atom. The van der Waals surface area contributed by atoms with Crippen LogP contribution >= 0.6 is 0 Å². The molecule has 6 atom stereocenters. The summed E-state index contributed by atoms with van der Waals surface area (Å²) in [6, 6.07) is 3.73. The number of imide groups is 1. The van der Waals surface area contributed by atoms with E-state index in [0.29, 0.717) is 11.8 Å². The predicted molar refractivity (Wildman–Crippen MR) is 90.1 cm³/mol. The van der Waals surface area contributed by atoms with Crippen LogP contribution < -0.4 is 0 Å². The van der Waals surface area contributed by atoms with Gasteiger partial charge >= 0.3 is 6.18 Å². The second-order valence-corrected chi connectivity index (χ2v) is 8.05. The van der Waals surface area contributed by atoms with Crippen LogP contribution in [0.25, 0.3) is 0 Å². The largest absolute Gasteiger partial charge is 0.416 e. The Morgan fingerprint density at radius 2 is 1.50 bits per heavy atom. The van der Waals surface area contributed by atoms with Crippen molar-refractivity contribution in [2.75, 3.05) is 7.05 Å². The lowest BCUT2D eigenvalue weighted by atomic mass is 9.63. The van der Waals surface area contributed by atoms with Crippen LogP contribution in [0.15, 0.2) is 36.4 Å². The van der Waals surface area contributed by atoms with E-state index in [2.05, 4.69) is 0 Å². The van der Waals surface area contributed by atoms with Crippen molar-refractivity contribution >= 4 is 17.7 Å². The summed E-state index contributed by atoms with van der Waals surface area (Å²) in [5.74, 6) is -1.37. The smallest absolute Gasteiger partial charge is 0.272 e. The highest BCUT2D eigenvalue weighted by Crippen LogP contribution is 2.65. The number of hydrogen-bond acceptors (Lipinski definition) is 3. The molecule has 4 aliphatic carbocycles. The number of amides is 3. The van der Waals surface area contributed by atoms with E-state index < -0.39 is 29.5 Å². The van der Waals surface area contributed by atoms with Crippen molar-refractivity contribution in [2.45, 2.75) is 12.6 Å². The fraction of sp³-hybridized carbons (Fsp3) is 0.450. The summed E-state index contributed by atoms with van der Waals surface area (Å²) in [5, 5.41) is 1.84. The molecular weight excluding hydrogens is 373 g/mol. The van der Waals surface area contributed by atoms with Crippen LogP contribution in [-0.2, 0) is 15.8 Å². The lowest BCUT2D eigenvalue weighted by molar-refractivity contribution is -0.153. The van der Waals surface area contributed by atoms with Gasteiger partial charge in [0, 0.05) is 12.6 Å². The molecule has 1 aliphatic heterocycles. The lowest BCUT2D eigenvalue weighted by Crippen LogP contribution is -2.48. The van der Waals surface area contributed by atoms with Gasteiger partial charge in [-0.1, -0.05) is 12.2 Å². The molecule has 3 amide bonds. The summed E-state index contributed by atoms with van der Waals surface area (Å²) in [7, 11) is 1.31. The minimum atomic E-state index is -4.50. The van der Waals surface area contributed by atoms with E-state index in [1.54, 1.807) is 0 Å². The molecule has 1 saturated heterocycles. The van der Waals surface area contributed by atoms with Crippen molar-refractivity contribution in [3.8, 4) is 0 Å². The third kappa shape index (κ3) is 2.23. The van der Waals surface area contributed by atoms with Crippen LogP contribution in [0.5, 0.6) is 0 Å². The van der Waals surface area contributed by atoms with Gasteiger partial charge in [-0.05, 0) is 54.4 Å². The summed E-state index contributed by atoms with van der Waals surface area (Å²) >= 11 is 0. The van der Waals surface area contributed by atoms with Crippen LogP contribution in [0, 0.1) is 35.5 Å². The van der Waals surface area contributed by atoms with Crippen LogP contribution in [0.1, 0.15) is 22.3 Å². The highest BCUT2D eigenvalue weighted by molar-refractivity contribution is 6.08. The summed E-state index contributed by atoms with van der Waals surface area (Å²) in [6.07, 6.45) is 0.603. The maximum atomic E-state index is 13.0. The Kier molecular flexibility index (Phi) is 3.40. The number of hydrazine groups is 1. The Bertz CT molecular complexity index is 888. The molecule has 5 nitrogen and oxygen atoms in total. The number of carbonyl (C=O) groups is 3. The van der Waals surface area contributed by atoms with E-state index >= 15 is 0 Å². The zero-order valence-electron chi connectivity index (χ0n) is 14.9. The molecule has 5 aliphatic rings. The third-order valence-electron chi connectivity index (χ3n) is 6.69. The average molecular weight is 390 g/mol. The molecule has 0 spiro atoms. The van der Waals surface area contributed by atoms with Crippen LogP contribution in [0.3, 0.4) is 0 Å². The van der Waals surface area contributed by atoms with Gasteiger partial charge in [-0.2, -0.15) is 18.2 Å². The first-order chi connectivity index (χ1) is 13.2. The topological polar surface area (TPSA) is 57.7 Å². The van der Waals surface area contributed by atoms with Crippen molar-refractivity contribution in [1.82, 2.24) is 10.0 Å². The molecule has 6 rings (SSSR count). The highest BCUT2D eigenvalue weighted by atomic mass is 19.4. The molecule has 146 valence electrons. The zero-order chi connectivity index (χ0) is 20.0. The monoisotopic (exact) mass is 390 g/mol. The molecule has 8 heteroatoms. The van der Waals surface area contributed by atoms with Crippen LogP contribution in [0.2, 0.25) is 0 Å². The van der Waals surface area contributed by atoms with Gasteiger partial charge in [0.2, 0.25) is 0 Å². The highest BCUT2D eigenvalue weighted by Gasteiger charge is 2.67. The molecule has 3 fully saturated rings. The van der Waals surface area contributed by atoms with Crippen molar-refractivity contribution in [1.29, 1.82) is 0 Å². The minimum absolute atomic E-state index is 0.0186. The summed E-state index contributed by atoms with van der Waals surface area (Å²) < 4.78 is 38.1. The van der Waals surface area contributed by atoms with E-state index in [1.807, 2.05) is 12.2 Å². The molecule has 1 heterocycles. The molecule has 0 radical (unpaired) electrons. The molecule has 2 saturated carbocycles. The van der Waals surface area contributed by atoms with E-state index in [4.69, 9.17) is 0 Å². The maximum Gasteiger partial charge on any atom is 0.416 e. The molecule has 0 N–H and O–H groups in total. The van der Waals surface area contributed by atoms with Gasteiger partial charge in [0.25, 0.3) is 17.7 Å².